The molecule has 0 radical (unpaired) electrons. The fraction of sp³-hybridized carbons (Fsp3) is 0.588. The summed E-state index contributed by atoms with van der Waals surface area (Å²) in [6.07, 6.45) is 1.01. The molecule has 21 heavy (non-hydrogen) atoms. The summed E-state index contributed by atoms with van der Waals surface area (Å²) in [7, 11) is 0. The molecule has 0 saturated carbocycles. The number of hydrogen-bond acceptors (Lipinski definition) is 3. The number of para-hydroxylation sites is 1. The highest BCUT2D eigenvalue weighted by Crippen LogP contribution is 2.13. The zero-order valence-electron chi connectivity index (χ0n) is 13.7. The standard InChI is InChI=1S/C17H29N3O/c1-5-10-20(11-15-8-6-7-9-16(15)18)12-17(21)19-14(4)13(2)3/h6-9,13-14H,5,10-12,18H2,1-4H3,(H,19,21). The molecule has 0 spiro atoms. The van der Waals surface area contributed by atoms with Gasteiger partial charge in [-0.1, -0.05) is 39.0 Å². The number of anilines is 1. The van der Waals surface area contributed by atoms with Gasteiger partial charge >= 0.3 is 0 Å². The van der Waals surface area contributed by atoms with E-state index >= 15 is 0 Å². The second kappa shape index (κ2) is 8.67. The fourth-order valence-electron chi connectivity index (χ4n) is 2.12. The lowest BCUT2D eigenvalue weighted by Crippen LogP contribution is -2.43. The normalized spacial score (nSPS) is 12.7. The average molecular weight is 291 g/mol. The third-order valence-electron chi connectivity index (χ3n) is 3.74. The van der Waals surface area contributed by atoms with Crippen molar-refractivity contribution >= 4 is 11.6 Å². The van der Waals surface area contributed by atoms with Crippen molar-refractivity contribution in [2.75, 3.05) is 18.8 Å². The molecule has 0 bridgehead atoms. The lowest BCUT2D eigenvalue weighted by molar-refractivity contribution is -0.123. The van der Waals surface area contributed by atoms with Crippen molar-refractivity contribution < 1.29 is 4.79 Å². The van der Waals surface area contributed by atoms with Crippen LogP contribution in [-0.2, 0) is 11.3 Å². The van der Waals surface area contributed by atoms with Crippen molar-refractivity contribution in [2.45, 2.75) is 46.7 Å². The number of nitrogens with two attached hydrogens (primary N) is 1. The number of carbonyl (C=O) groups is 1. The summed E-state index contributed by atoms with van der Waals surface area (Å²) in [5, 5.41) is 3.06. The summed E-state index contributed by atoms with van der Waals surface area (Å²) in [6.45, 7) is 10.4. The highest BCUT2D eigenvalue weighted by molar-refractivity contribution is 5.78. The molecule has 1 amide bonds. The molecule has 1 rings (SSSR count). The Balaban J connectivity index is 2.61. The van der Waals surface area contributed by atoms with E-state index in [1.807, 2.05) is 31.2 Å². The number of benzene rings is 1. The van der Waals surface area contributed by atoms with Gasteiger partial charge in [-0.25, -0.2) is 0 Å². The number of nitrogen functional groups attached to an aromatic ring is 1. The van der Waals surface area contributed by atoms with Gasteiger partial charge in [0.1, 0.15) is 0 Å². The summed E-state index contributed by atoms with van der Waals surface area (Å²) in [4.78, 5) is 14.3. The van der Waals surface area contributed by atoms with Crippen LogP contribution in [-0.4, -0.2) is 29.9 Å². The number of nitrogens with one attached hydrogen (secondary N) is 1. The third-order valence-corrected chi connectivity index (χ3v) is 3.74. The number of nitrogens with zero attached hydrogens (tertiary/aromatic N) is 1. The molecule has 0 aliphatic heterocycles. The molecule has 4 nitrogen and oxygen atoms in total. The largest absolute Gasteiger partial charge is 0.398 e. The topological polar surface area (TPSA) is 58.4 Å². The average Bonchev–Trinajstić information content (AvgIpc) is 2.41. The molecule has 1 atom stereocenters. The molecule has 0 aliphatic rings. The molecule has 0 aromatic heterocycles. The number of hydrogen-bond donors (Lipinski definition) is 2. The van der Waals surface area contributed by atoms with Gasteiger partial charge in [-0.05, 0) is 37.4 Å². The quantitative estimate of drug-likeness (QED) is 0.724. The highest BCUT2D eigenvalue weighted by atomic mass is 16.2. The van der Waals surface area contributed by atoms with Crippen LogP contribution in [0, 0.1) is 5.92 Å². The van der Waals surface area contributed by atoms with Crippen LogP contribution in [0.2, 0.25) is 0 Å². The fourth-order valence-corrected chi connectivity index (χ4v) is 2.12. The molecule has 1 unspecified atom stereocenters. The molecule has 1 aromatic carbocycles. The van der Waals surface area contributed by atoms with Crippen molar-refractivity contribution in [1.82, 2.24) is 10.2 Å². The van der Waals surface area contributed by atoms with Gasteiger partial charge in [0.2, 0.25) is 5.91 Å². The van der Waals surface area contributed by atoms with Crippen molar-refractivity contribution in [3.8, 4) is 0 Å². The van der Waals surface area contributed by atoms with Gasteiger partial charge < -0.3 is 11.1 Å². The Morgan fingerprint density at radius 3 is 2.52 bits per heavy atom. The number of rotatable bonds is 8. The Bertz CT molecular complexity index is 445. The van der Waals surface area contributed by atoms with Gasteiger partial charge in [-0.15, -0.1) is 0 Å². The van der Waals surface area contributed by atoms with E-state index in [0.29, 0.717) is 19.0 Å². The van der Waals surface area contributed by atoms with Crippen LogP contribution in [0.4, 0.5) is 5.69 Å². The minimum atomic E-state index is 0.0825. The van der Waals surface area contributed by atoms with E-state index in [4.69, 9.17) is 5.73 Å². The molecule has 4 heteroatoms. The molecule has 118 valence electrons. The van der Waals surface area contributed by atoms with Crippen LogP contribution < -0.4 is 11.1 Å². The van der Waals surface area contributed by atoms with Crippen LogP contribution >= 0.6 is 0 Å². The first-order valence-electron chi connectivity index (χ1n) is 7.79. The Labute approximate surface area is 128 Å². The van der Waals surface area contributed by atoms with Crippen molar-refractivity contribution in [3.05, 3.63) is 29.8 Å². The predicted octanol–water partition coefficient (Wildman–Crippen LogP) is 2.64. The maximum absolute atomic E-state index is 12.1. The first kappa shape index (κ1) is 17.5. The Morgan fingerprint density at radius 2 is 1.95 bits per heavy atom. The molecular formula is C17H29N3O. The predicted molar refractivity (Wildman–Crippen MR) is 88.9 cm³/mol. The van der Waals surface area contributed by atoms with Crippen molar-refractivity contribution in [2.24, 2.45) is 5.92 Å². The molecule has 0 aliphatic carbocycles. The zero-order chi connectivity index (χ0) is 15.8. The Hall–Kier alpha value is -1.55. The van der Waals surface area contributed by atoms with Gasteiger partial charge in [0.25, 0.3) is 0 Å². The molecule has 0 saturated heterocycles. The maximum Gasteiger partial charge on any atom is 0.234 e. The molecule has 3 N–H and O–H groups in total. The summed E-state index contributed by atoms with van der Waals surface area (Å²) < 4.78 is 0. The summed E-state index contributed by atoms with van der Waals surface area (Å²) in [5.41, 5.74) is 7.85. The summed E-state index contributed by atoms with van der Waals surface area (Å²) in [5.74, 6) is 0.525. The van der Waals surface area contributed by atoms with Gasteiger partial charge in [0.15, 0.2) is 0 Å². The van der Waals surface area contributed by atoms with Gasteiger partial charge in [-0.2, -0.15) is 0 Å². The third kappa shape index (κ3) is 6.17. The molecule has 0 heterocycles. The number of amides is 1. The summed E-state index contributed by atoms with van der Waals surface area (Å²) in [6, 6.07) is 8.03. The van der Waals surface area contributed by atoms with Crippen LogP contribution in [0.25, 0.3) is 0 Å². The monoisotopic (exact) mass is 291 g/mol. The van der Waals surface area contributed by atoms with Crippen molar-refractivity contribution in [3.63, 3.8) is 0 Å². The van der Waals surface area contributed by atoms with E-state index in [0.717, 1.165) is 24.2 Å². The van der Waals surface area contributed by atoms with E-state index in [2.05, 4.69) is 31.0 Å². The smallest absolute Gasteiger partial charge is 0.234 e. The highest BCUT2D eigenvalue weighted by Gasteiger charge is 2.15. The van der Waals surface area contributed by atoms with Crippen LogP contribution in [0.3, 0.4) is 0 Å². The lowest BCUT2D eigenvalue weighted by atomic mass is 10.1. The van der Waals surface area contributed by atoms with Crippen LogP contribution in [0.15, 0.2) is 24.3 Å². The van der Waals surface area contributed by atoms with Gasteiger partial charge in [-0.3, -0.25) is 9.69 Å². The molecule has 0 fully saturated rings. The van der Waals surface area contributed by atoms with E-state index < -0.39 is 0 Å². The van der Waals surface area contributed by atoms with Gasteiger partial charge in [0.05, 0.1) is 6.54 Å². The SMILES string of the molecule is CCCN(CC(=O)NC(C)C(C)C)Cc1ccccc1N. The number of carbonyl (C=O) groups excluding carboxylic acids is 1. The Kier molecular flexibility index (Phi) is 7.23. The van der Waals surface area contributed by atoms with E-state index in [1.54, 1.807) is 0 Å². The van der Waals surface area contributed by atoms with Gasteiger partial charge in [0, 0.05) is 18.3 Å². The minimum absolute atomic E-state index is 0.0825. The lowest BCUT2D eigenvalue weighted by Gasteiger charge is -2.24. The van der Waals surface area contributed by atoms with E-state index in [-0.39, 0.29) is 11.9 Å². The van der Waals surface area contributed by atoms with E-state index in [9.17, 15) is 4.79 Å². The Morgan fingerprint density at radius 1 is 1.29 bits per heavy atom. The second-order valence-corrected chi connectivity index (χ2v) is 6.01. The minimum Gasteiger partial charge on any atom is -0.398 e. The zero-order valence-corrected chi connectivity index (χ0v) is 13.7. The first-order chi connectivity index (χ1) is 9.93. The summed E-state index contributed by atoms with van der Waals surface area (Å²) >= 11 is 0. The first-order valence-corrected chi connectivity index (χ1v) is 7.79. The van der Waals surface area contributed by atoms with E-state index in [1.165, 1.54) is 0 Å². The maximum atomic E-state index is 12.1. The van der Waals surface area contributed by atoms with Crippen LogP contribution in [0.5, 0.6) is 0 Å². The van der Waals surface area contributed by atoms with Crippen molar-refractivity contribution in [1.29, 1.82) is 0 Å². The molecular weight excluding hydrogens is 262 g/mol. The second-order valence-electron chi connectivity index (χ2n) is 6.01. The van der Waals surface area contributed by atoms with Crippen LogP contribution in [0.1, 0.15) is 39.7 Å². The molecule has 1 aromatic rings.